The van der Waals surface area contributed by atoms with Gasteiger partial charge in [-0.3, -0.25) is 9.48 Å². The fourth-order valence-electron chi connectivity index (χ4n) is 4.25. The number of carbonyl (C=O) groups excluding carboxylic acids is 1. The molecule has 0 aliphatic carbocycles. The van der Waals surface area contributed by atoms with Gasteiger partial charge in [-0.25, -0.2) is 0 Å². The zero-order valence-corrected chi connectivity index (χ0v) is 19.9. The van der Waals surface area contributed by atoms with Crippen molar-refractivity contribution in [3.05, 3.63) is 98.8 Å². The van der Waals surface area contributed by atoms with Crippen LogP contribution in [0.2, 0.25) is 0 Å². The summed E-state index contributed by atoms with van der Waals surface area (Å²) in [6.45, 7) is 6.06. The topological polar surface area (TPSA) is 134 Å². The van der Waals surface area contributed by atoms with Gasteiger partial charge in [0.25, 0.3) is 5.91 Å². The maximum Gasteiger partial charge on any atom is 0.389 e. The largest absolute Gasteiger partial charge is 0.389 e. The van der Waals surface area contributed by atoms with E-state index in [9.17, 15) is 14.9 Å². The first-order valence-corrected chi connectivity index (χ1v) is 11.3. The zero-order chi connectivity index (χ0) is 25.4. The van der Waals surface area contributed by atoms with Gasteiger partial charge in [0.2, 0.25) is 0 Å². The fourth-order valence-corrected chi connectivity index (χ4v) is 4.25. The molecule has 0 unspecified atom stereocenters. The van der Waals surface area contributed by atoms with Crippen molar-refractivity contribution >= 4 is 28.2 Å². The van der Waals surface area contributed by atoms with Crippen LogP contribution in [0.15, 0.2) is 59.3 Å². The summed E-state index contributed by atoms with van der Waals surface area (Å²) in [6.07, 6.45) is 1.47. The van der Waals surface area contributed by atoms with Crippen LogP contribution in [-0.2, 0) is 13.1 Å². The van der Waals surface area contributed by atoms with E-state index in [1.165, 1.54) is 16.9 Å². The number of carbonyl (C=O) groups is 1. The minimum absolute atomic E-state index is 0.0891. The summed E-state index contributed by atoms with van der Waals surface area (Å²) in [5.41, 5.74) is 3.78. The molecule has 3 aromatic heterocycles. The Labute approximate surface area is 205 Å². The van der Waals surface area contributed by atoms with Crippen LogP contribution in [0, 0.1) is 30.9 Å². The minimum atomic E-state index is -0.577. The normalized spacial score (nSPS) is 11.2. The van der Waals surface area contributed by atoms with Crippen LogP contribution in [-0.4, -0.2) is 35.5 Å². The number of amides is 1. The van der Waals surface area contributed by atoms with E-state index in [2.05, 4.69) is 44.9 Å². The predicted molar refractivity (Wildman–Crippen MR) is 132 cm³/mol. The summed E-state index contributed by atoms with van der Waals surface area (Å²) in [6, 6.07) is 15.6. The molecule has 0 fully saturated rings. The molecule has 36 heavy (non-hydrogen) atoms. The molecule has 0 saturated heterocycles. The summed E-state index contributed by atoms with van der Waals surface area (Å²) in [4.78, 5) is 23.5. The van der Waals surface area contributed by atoms with Gasteiger partial charge in [-0.05, 0) is 42.0 Å². The highest BCUT2D eigenvalue weighted by molar-refractivity contribution is 6.04. The number of anilines is 1. The molecule has 0 aliphatic heterocycles. The van der Waals surface area contributed by atoms with E-state index >= 15 is 0 Å². The Kier molecular flexibility index (Phi) is 5.80. The summed E-state index contributed by atoms with van der Waals surface area (Å²) < 4.78 is 8.49. The molecule has 5 rings (SSSR count). The Morgan fingerprint density at radius 3 is 2.61 bits per heavy atom. The minimum Gasteiger partial charge on any atom is -0.361 e. The number of benzene rings is 2. The molecule has 0 saturated carbocycles. The molecule has 0 spiro atoms. The number of rotatable bonds is 7. The van der Waals surface area contributed by atoms with Gasteiger partial charge in [0.1, 0.15) is 5.76 Å². The molecule has 182 valence electrons. The van der Waals surface area contributed by atoms with Gasteiger partial charge < -0.3 is 20.0 Å². The van der Waals surface area contributed by atoms with Crippen molar-refractivity contribution in [2.75, 3.05) is 5.32 Å². The highest BCUT2D eigenvalue weighted by Crippen LogP contribution is 2.25. The van der Waals surface area contributed by atoms with Crippen LogP contribution in [0.5, 0.6) is 0 Å². The van der Waals surface area contributed by atoms with E-state index in [-0.39, 0.29) is 18.1 Å². The molecular formula is C25H23N7O4. The maximum atomic E-state index is 13.2. The Morgan fingerprint density at radius 1 is 1.06 bits per heavy atom. The predicted octanol–water partition coefficient (Wildman–Crippen LogP) is 4.40. The summed E-state index contributed by atoms with van der Waals surface area (Å²) in [7, 11) is 0. The van der Waals surface area contributed by atoms with Crippen LogP contribution in [0.25, 0.3) is 10.8 Å². The van der Waals surface area contributed by atoms with E-state index in [0.717, 1.165) is 22.0 Å². The number of aryl methyl sites for hydroxylation is 2. The highest BCUT2D eigenvalue weighted by Gasteiger charge is 2.24. The highest BCUT2D eigenvalue weighted by atomic mass is 16.6. The van der Waals surface area contributed by atoms with Crippen LogP contribution >= 0.6 is 0 Å². The molecule has 3 heterocycles. The van der Waals surface area contributed by atoms with Crippen molar-refractivity contribution < 1.29 is 14.2 Å². The van der Waals surface area contributed by atoms with E-state index in [1.807, 2.05) is 36.7 Å². The molecule has 1 amide bonds. The number of hydrogen-bond acceptors (Lipinski definition) is 7. The lowest BCUT2D eigenvalue weighted by Gasteiger charge is -2.09. The van der Waals surface area contributed by atoms with Gasteiger partial charge >= 0.3 is 5.82 Å². The van der Waals surface area contributed by atoms with Gasteiger partial charge in [-0.1, -0.05) is 47.6 Å². The number of nitrogens with zero attached hydrogens (tertiary/aromatic N) is 6. The first-order valence-electron chi connectivity index (χ1n) is 11.3. The smallest absolute Gasteiger partial charge is 0.361 e. The molecule has 11 heteroatoms. The SMILES string of the molecule is Cc1nn(Cc2cccc3ccccc23)c(C)c1NC(=O)c1noc(C)c1Cn1ccc([N+](=O)[O-])n1. The number of nitro groups is 1. The van der Waals surface area contributed by atoms with Gasteiger partial charge in [-0.2, -0.15) is 9.78 Å². The molecule has 0 aliphatic rings. The molecule has 2 aromatic carbocycles. The van der Waals surface area contributed by atoms with Crippen molar-refractivity contribution in [3.8, 4) is 0 Å². The van der Waals surface area contributed by atoms with E-state index in [0.29, 0.717) is 29.2 Å². The first-order chi connectivity index (χ1) is 17.3. The van der Waals surface area contributed by atoms with Crippen molar-refractivity contribution in [3.63, 3.8) is 0 Å². The number of nitrogens with one attached hydrogen (secondary N) is 1. The van der Waals surface area contributed by atoms with Crippen LogP contribution < -0.4 is 5.32 Å². The van der Waals surface area contributed by atoms with Crippen molar-refractivity contribution in [1.82, 2.24) is 24.7 Å². The molecule has 0 atom stereocenters. The van der Waals surface area contributed by atoms with Crippen molar-refractivity contribution in [2.45, 2.75) is 33.9 Å². The van der Waals surface area contributed by atoms with Gasteiger partial charge in [0.05, 0.1) is 53.1 Å². The lowest BCUT2D eigenvalue weighted by atomic mass is 10.0. The van der Waals surface area contributed by atoms with Gasteiger partial charge in [-0.15, -0.1) is 0 Å². The van der Waals surface area contributed by atoms with E-state index < -0.39 is 10.8 Å². The van der Waals surface area contributed by atoms with Crippen molar-refractivity contribution in [1.29, 1.82) is 0 Å². The second kappa shape index (κ2) is 9.10. The third kappa shape index (κ3) is 4.22. The molecule has 5 aromatic rings. The standard InChI is InChI=1S/C25H23N7O4/c1-15-23(16(2)31(27-15)13-19-9-6-8-18-7-4-5-10-20(18)19)26-25(33)24-21(17(3)36-29-24)14-30-12-11-22(28-30)32(34)35/h4-12H,13-14H2,1-3H3,(H,26,33). The summed E-state index contributed by atoms with van der Waals surface area (Å²) in [5, 5.41) is 28.6. The maximum absolute atomic E-state index is 13.2. The lowest BCUT2D eigenvalue weighted by molar-refractivity contribution is -0.389. The van der Waals surface area contributed by atoms with Crippen LogP contribution in [0.3, 0.4) is 0 Å². The Bertz CT molecular complexity index is 1610. The average molecular weight is 486 g/mol. The summed E-state index contributed by atoms with van der Waals surface area (Å²) in [5.74, 6) is -0.308. The van der Waals surface area contributed by atoms with E-state index in [4.69, 9.17) is 4.52 Å². The molecule has 0 bridgehead atoms. The average Bonchev–Trinajstić information content (AvgIpc) is 3.55. The fraction of sp³-hybridized carbons (Fsp3) is 0.200. The van der Waals surface area contributed by atoms with Crippen molar-refractivity contribution in [2.24, 2.45) is 0 Å². The third-order valence-electron chi connectivity index (χ3n) is 6.15. The van der Waals surface area contributed by atoms with Gasteiger partial charge in [0, 0.05) is 0 Å². The Balaban J connectivity index is 1.39. The molecule has 0 radical (unpaired) electrons. The first kappa shape index (κ1) is 23.0. The summed E-state index contributed by atoms with van der Waals surface area (Å²) >= 11 is 0. The Morgan fingerprint density at radius 2 is 1.83 bits per heavy atom. The molecule has 1 N–H and O–H groups in total. The molecule has 11 nitrogen and oxygen atoms in total. The quantitative estimate of drug-likeness (QED) is 0.267. The third-order valence-corrected chi connectivity index (χ3v) is 6.15. The lowest BCUT2D eigenvalue weighted by Crippen LogP contribution is -2.17. The van der Waals surface area contributed by atoms with Crippen LogP contribution in [0.4, 0.5) is 11.5 Å². The van der Waals surface area contributed by atoms with Crippen LogP contribution in [0.1, 0.15) is 38.8 Å². The zero-order valence-electron chi connectivity index (χ0n) is 19.9. The van der Waals surface area contributed by atoms with Gasteiger partial charge in [0.15, 0.2) is 5.69 Å². The Hall–Kier alpha value is -4.80. The molecular weight excluding hydrogens is 462 g/mol. The van der Waals surface area contributed by atoms with E-state index in [1.54, 1.807) is 6.92 Å². The number of hydrogen-bond donors (Lipinski definition) is 1. The second-order valence-corrected chi connectivity index (χ2v) is 8.49. The monoisotopic (exact) mass is 485 g/mol. The second-order valence-electron chi connectivity index (χ2n) is 8.49. The number of fused-ring (bicyclic) bond motifs is 1. The number of aromatic nitrogens is 5.